The molecule has 1 aliphatic carbocycles. The molecule has 4 aromatic rings. The number of aromatic nitrogens is 3. The number of fused-ring (bicyclic) bond motifs is 3. The Kier molecular flexibility index (Phi) is 7.02. The van der Waals surface area contributed by atoms with Gasteiger partial charge in [0.25, 0.3) is 5.56 Å². The fourth-order valence-electron chi connectivity index (χ4n) is 7.81. The minimum atomic E-state index is -3.69. The van der Waals surface area contributed by atoms with Gasteiger partial charge in [0, 0.05) is 60.6 Å². The molecule has 2 saturated heterocycles. The number of rotatable bonds is 5. The maximum Gasteiger partial charge on any atom is 0.260 e. The number of hydrogen-bond donors (Lipinski definition) is 1. The summed E-state index contributed by atoms with van der Waals surface area (Å²) in [5, 5.41) is 2.90. The van der Waals surface area contributed by atoms with Crippen molar-refractivity contribution in [1.29, 1.82) is 0 Å². The lowest BCUT2D eigenvalue weighted by atomic mass is 10.0. The maximum absolute atomic E-state index is 14.3. The van der Waals surface area contributed by atoms with Gasteiger partial charge in [0.15, 0.2) is 9.84 Å². The van der Waals surface area contributed by atoms with Gasteiger partial charge in [-0.05, 0) is 92.6 Å². The van der Waals surface area contributed by atoms with Gasteiger partial charge in [0.2, 0.25) is 5.95 Å². The summed E-state index contributed by atoms with van der Waals surface area (Å²) >= 11 is 0. The van der Waals surface area contributed by atoms with Crippen LogP contribution in [-0.2, 0) is 22.0 Å². The minimum Gasteiger partial charge on any atom is -0.369 e. The van der Waals surface area contributed by atoms with Crippen LogP contribution in [0.15, 0.2) is 71.2 Å². The predicted molar refractivity (Wildman–Crippen MR) is 179 cm³/mol. The van der Waals surface area contributed by atoms with Crippen molar-refractivity contribution in [2.24, 2.45) is 0 Å². The molecule has 232 valence electrons. The van der Waals surface area contributed by atoms with Crippen molar-refractivity contribution in [3.63, 3.8) is 0 Å². The molecule has 2 fully saturated rings. The maximum atomic E-state index is 14.3. The molecule has 0 spiro atoms. The lowest BCUT2D eigenvalue weighted by Crippen LogP contribution is -2.50. The SMILES string of the molecule is CC1=C(c2cc3cnc(Nc4ccc(N5CCN6CCCC6C5)cc4)nc3n(C3Cc4ccccc4CS3(=O)=O)c2=O)CCC1. The van der Waals surface area contributed by atoms with Crippen LogP contribution in [0, 0.1) is 0 Å². The third-order valence-electron chi connectivity index (χ3n) is 10.2. The summed E-state index contributed by atoms with van der Waals surface area (Å²) < 4.78 is 29.0. The van der Waals surface area contributed by atoms with Gasteiger partial charge in [-0.3, -0.25) is 14.3 Å². The van der Waals surface area contributed by atoms with Gasteiger partial charge in [-0.25, -0.2) is 13.4 Å². The monoisotopic (exact) mass is 622 g/mol. The van der Waals surface area contributed by atoms with Crippen LogP contribution in [0.2, 0.25) is 0 Å². The quantitative estimate of drug-likeness (QED) is 0.314. The summed E-state index contributed by atoms with van der Waals surface area (Å²) in [4.78, 5) is 28.8. The van der Waals surface area contributed by atoms with E-state index >= 15 is 0 Å². The first-order valence-electron chi connectivity index (χ1n) is 16.1. The highest BCUT2D eigenvalue weighted by molar-refractivity contribution is 7.90. The molecule has 3 aliphatic heterocycles. The molecule has 0 radical (unpaired) electrons. The molecule has 5 heterocycles. The lowest BCUT2D eigenvalue weighted by Gasteiger charge is -2.38. The number of nitrogens with zero attached hydrogens (tertiary/aromatic N) is 5. The van der Waals surface area contributed by atoms with Gasteiger partial charge in [-0.15, -0.1) is 0 Å². The number of anilines is 3. The zero-order valence-corrected chi connectivity index (χ0v) is 26.4. The van der Waals surface area contributed by atoms with Gasteiger partial charge in [-0.1, -0.05) is 29.8 Å². The second kappa shape index (κ2) is 11.1. The highest BCUT2D eigenvalue weighted by Crippen LogP contribution is 2.36. The highest BCUT2D eigenvalue weighted by atomic mass is 32.2. The van der Waals surface area contributed by atoms with Crippen molar-refractivity contribution >= 4 is 43.8 Å². The molecule has 2 aromatic heterocycles. The fourth-order valence-corrected chi connectivity index (χ4v) is 9.67. The molecule has 0 amide bonds. The highest BCUT2D eigenvalue weighted by Gasteiger charge is 2.36. The molecular formula is C35H38N6O3S. The van der Waals surface area contributed by atoms with E-state index in [-0.39, 0.29) is 17.7 Å². The molecule has 0 bridgehead atoms. The Morgan fingerprint density at radius 3 is 2.58 bits per heavy atom. The van der Waals surface area contributed by atoms with Crippen LogP contribution in [0.25, 0.3) is 16.6 Å². The number of benzene rings is 2. The Hall–Kier alpha value is -4.02. The molecular weight excluding hydrogens is 584 g/mol. The van der Waals surface area contributed by atoms with Crippen LogP contribution in [0.5, 0.6) is 0 Å². The van der Waals surface area contributed by atoms with E-state index in [1.54, 1.807) is 6.20 Å². The van der Waals surface area contributed by atoms with E-state index in [1.165, 1.54) is 35.2 Å². The Morgan fingerprint density at radius 1 is 0.956 bits per heavy atom. The van der Waals surface area contributed by atoms with Gasteiger partial charge in [0.1, 0.15) is 11.0 Å². The van der Waals surface area contributed by atoms with Crippen molar-refractivity contribution < 1.29 is 8.42 Å². The van der Waals surface area contributed by atoms with Crippen LogP contribution in [0.3, 0.4) is 0 Å². The average Bonchev–Trinajstić information content (AvgIpc) is 3.69. The molecule has 2 aromatic carbocycles. The zero-order chi connectivity index (χ0) is 30.7. The Balaban J connectivity index is 1.16. The van der Waals surface area contributed by atoms with Crippen molar-refractivity contribution in [3.8, 4) is 0 Å². The van der Waals surface area contributed by atoms with Gasteiger partial charge in [-0.2, -0.15) is 4.98 Å². The van der Waals surface area contributed by atoms with Gasteiger partial charge < -0.3 is 10.2 Å². The number of pyridine rings is 1. The van der Waals surface area contributed by atoms with Gasteiger partial charge in [0.05, 0.1) is 5.75 Å². The van der Waals surface area contributed by atoms with E-state index in [2.05, 4.69) is 39.2 Å². The molecule has 4 aliphatic rings. The van der Waals surface area contributed by atoms with E-state index in [0.717, 1.165) is 61.3 Å². The minimum absolute atomic E-state index is 0.105. The van der Waals surface area contributed by atoms with Gasteiger partial charge >= 0.3 is 0 Å². The van der Waals surface area contributed by atoms with E-state index in [1.807, 2.05) is 42.5 Å². The molecule has 8 rings (SSSR count). The second-order valence-corrected chi connectivity index (χ2v) is 15.2. The number of hydrogen-bond acceptors (Lipinski definition) is 8. The topological polar surface area (TPSA) is 100 Å². The van der Waals surface area contributed by atoms with E-state index in [0.29, 0.717) is 28.6 Å². The molecule has 0 saturated carbocycles. The summed E-state index contributed by atoms with van der Waals surface area (Å²) in [6.07, 6.45) is 7.22. The van der Waals surface area contributed by atoms with E-state index in [9.17, 15) is 13.2 Å². The first kappa shape index (κ1) is 28.5. The number of allylic oxidation sites excluding steroid dienone is 2. The van der Waals surface area contributed by atoms with Crippen molar-refractivity contribution in [1.82, 2.24) is 19.4 Å². The Bertz CT molecular complexity index is 2000. The summed E-state index contributed by atoms with van der Waals surface area (Å²) in [7, 11) is -3.69. The van der Waals surface area contributed by atoms with Crippen LogP contribution in [0.1, 0.15) is 61.1 Å². The molecule has 10 heteroatoms. The molecule has 2 unspecified atom stereocenters. The molecule has 45 heavy (non-hydrogen) atoms. The lowest BCUT2D eigenvalue weighted by molar-refractivity contribution is 0.231. The van der Waals surface area contributed by atoms with Crippen LogP contribution < -0.4 is 15.8 Å². The number of sulfone groups is 1. The molecule has 1 N–H and O–H groups in total. The standard InChI is InChI=1S/C35H38N6O3S/c1-23-6-4-10-30(23)31-18-26-20-36-35(37-27-11-13-28(14-12-27)40-17-16-39-15-5-9-29(39)21-40)38-33(26)41(34(31)42)32-19-24-7-2-3-8-25(24)22-45(32,43)44/h2-3,7-8,11-14,18,20,29,32H,4-6,9-10,15-17,19,21-22H2,1H3,(H,36,37,38). The number of piperazine rings is 1. The first-order chi connectivity index (χ1) is 21.8. The summed E-state index contributed by atoms with van der Waals surface area (Å²) in [6, 6.07) is 18.4. The third kappa shape index (κ3) is 5.13. The largest absolute Gasteiger partial charge is 0.369 e. The average molecular weight is 623 g/mol. The van der Waals surface area contributed by atoms with Crippen LogP contribution >= 0.6 is 0 Å². The fraction of sp³-hybridized carbons (Fsp3) is 0.400. The van der Waals surface area contributed by atoms with Crippen LogP contribution in [0.4, 0.5) is 17.3 Å². The summed E-state index contributed by atoms with van der Waals surface area (Å²) in [6.45, 7) is 6.48. The normalized spacial score (nSPS) is 22.9. The summed E-state index contributed by atoms with van der Waals surface area (Å²) in [5.41, 5.74) is 6.55. The Labute approximate surface area is 263 Å². The van der Waals surface area contributed by atoms with Crippen molar-refractivity contribution in [2.45, 2.75) is 62.6 Å². The zero-order valence-electron chi connectivity index (χ0n) is 25.6. The number of nitrogens with one attached hydrogen (secondary N) is 1. The predicted octanol–water partition coefficient (Wildman–Crippen LogP) is 5.45. The molecule has 9 nitrogen and oxygen atoms in total. The third-order valence-corrected chi connectivity index (χ3v) is 12.2. The first-order valence-corrected chi connectivity index (χ1v) is 17.8. The second-order valence-electron chi connectivity index (χ2n) is 13.0. The van der Waals surface area contributed by atoms with Crippen molar-refractivity contribution in [3.05, 3.63) is 93.4 Å². The smallest absolute Gasteiger partial charge is 0.260 e. The van der Waals surface area contributed by atoms with E-state index in [4.69, 9.17) is 4.98 Å². The van der Waals surface area contributed by atoms with Crippen molar-refractivity contribution in [2.75, 3.05) is 36.4 Å². The summed E-state index contributed by atoms with van der Waals surface area (Å²) in [5.74, 6) is 0.215. The van der Waals surface area contributed by atoms with Crippen LogP contribution in [-0.4, -0.2) is 60.1 Å². The molecule has 2 atom stereocenters. The van der Waals surface area contributed by atoms with E-state index < -0.39 is 15.2 Å². The Morgan fingerprint density at radius 2 is 1.78 bits per heavy atom.